The van der Waals surface area contributed by atoms with Crippen molar-refractivity contribution in [2.75, 3.05) is 0 Å². The fourth-order valence-electron chi connectivity index (χ4n) is 3.01. The van der Waals surface area contributed by atoms with Gasteiger partial charge < -0.3 is 14.2 Å². The molecule has 0 bridgehead atoms. The second-order valence-electron chi connectivity index (χ2n) is 6.12. The molecular formula is C21H16N2O5. The fraction of sp³-hybridized carbons (Fsp3) is 0.0952. The number of ether oxygens (including phenoxy) is 3. The molecule has 2 aliphatic rings. The number of rotatable bonds is 5. The Morgan fingerprint density at radius 1 is 1.14 bits per heavy atom. The molecule has 1 aliphatic carbocycles. The Kier molecular flexibility index (Phi) is 4.88. The Morgan fingerprint density at radius 2 is 2.00 bits per heavy atom. The summed E-state index contributed by atoms with van der Waals surface area (Å²) >= 11 is 0. The molecule has 0 radical (unpaired) electrons. The number of allylic oxidation sites excluding steroid dienone is 4. The van der Waals surface area contributed by atoms with Crippen LogP contribution in [0.5, 0.6) is 5.88 Å². The summed E-state index contributed by atoms with van der Waals surface area (Å²) in [7, 11) is 0. The highest BCUT2D eigenvalue weighted by atomic mass is 16.7. The van der Waals surface area contributed by atoms with Crippen molar-refractivity contribution in [2.24, 2.45) is 0 Å². The summed E-state index contributed by atoms with van der Waals surface area (Å²) in [5.41, 5.74) is 2.03. The fourth-order valence-corrected chi connectivity index (χ4v) is 3.01. The first-order valence-electron chi connectivity index (χ1n) is 8.65. The van der Waals surface area contributed by atoms with Crippen LogP contribution in [-0.4, -0.2) is 9.91 Å². The van der Waals surface area contributed by atoms with Gasteiger partial charge in [-0.15, -0.1) is 0 Å². The van der Waals surface area contributed by atoms with Crippen LogP contribution < -0.4 is 4.74 Å². The summed E-state index contributed by atoms with van der Waals surface area (Å²) in [5, 5.41) is 10.7. The molecule has 1 unspecified atom stereocenters. The third-order valence-corrected chi connectivity index (χ3v) is 4.33. The zero-order valence-corrected chi connectivity index (χ0v) is 14.7. The van der Waals surface area contributed by atoms with Crippen molar-refractivity contribution in [3.05, 3.63) is 112 Å². The van der Waals surface area contributed by atoms with Crippen molar-refractivity contribution >= 4 is 5.69 Å². The van der Waals surface area contributed by atoms with Crippen molar-refractivity contribution in [2.45, 2.75) is 12.3 Å². The van der Waals surface area contributed by atoms with Gasteiger partial charge in [0.05, 0.1) is 4.92 Å². The van der Waals surface area contributed by atoms with Gasteiger partial charge in [-0.3, -0.25) is 10.1 Å². The summed E-state index contributed by atoms with van der Waals surface area (Å²) in [6, 6.07) is 12.9. The van der Waals surface area contributed by atoms with Crippen LogP contribution in [0.1, 0.15) is 17.9 Å². The molecule has 0 N–H and O–H groups in total. The van der Waals surface area contributed by atoms with Crippen LogP contribution in [0, 0.1) is 10.1 Å². The molecule has 2 aromatic rings. The number of nitro groups is 1. The van der Waals surface area contributed by atoms with Gasteiger partial charge in [0.15, 0.2) is 12.0 Å². The minimum absolute atomic E-state index is 0.0983. The second kappa shape index (κ2) is 7.79. The molecule has 1 aromatic heterocycles. The molecule has 7 heteroatoms. The lowest BCUT2D eigenvalue weighted by Gasteiger charge is -2.25. The summed E-state index contributed by atoms with van der Waals surface area (Å²) in [4.78, 5) is 14.1. The molecule has 140 valence electrons. The zero-order valence-electron chi connectivity index (χ0n) is 14.7. The maximum absolute atomic E-state index is 10.7. The number of aromatic nitrogens is 1. The van der Waals surface area contributed by atoms with Crippen LogP contribution in [-0.2, 0) is 9.47 Å². The van der Waals surface area contributed by atoms with Gasteiger partial charge in [-0.1, -0.05) is 48.6 Å². The molecule has 0 saturated heterocycles. The lowest BCUT2D eigenvalue weighted by molar-refractivity contribution is -0.385. The van der Waals surface area contributed by atoms with E-state index in [9.17, 15) is 10.1 Å². The Morgan fingerprint density at radius 3 is 2.75 bits per heavy atom. The van der Waals surface area contributed by atoms with E-state index in [2.05, 4.69) is 23.2 Å². The van der Waals surface area contributed by atoms with Gasteiger partial charge in [0, 0.05) is 23.6 Å². The molecule has 28 heavy (non-hydrogen) atoms. The first-order valence-corrected chi connectivity index (χ1v) is 8.65. The van der Waals surface area contributed by atoms with Gasteiger partial charge in [-0.05, 0) is 12.0 Å². The van der Waals surface area contributed by atoms with E-state index in [-0.39, 0.29) is 23.4 Å². The van der Waals surface area contributed by atoms with E-state index >= 15 is 0 Å². The van der Waals surface area contributed by atoms with Crippen molar-refractivity contribution in [1.29, 1.82) is 0 Å². The van der Waals surface area contributed by atoms with Crippen molar-refractivity contribution in [3.63, 3.8) is 0 Å². The van der Waals surface area contributed by atoms with Crippen molar-refractivity contribution < 1.29 is 19.1 Å². The van der Waals surface area contributed by atoms with E-state index in [4.69, 9.17) is 14.2 Å². The summed E-state index contributed by atoms with van der Waals surface area (Å²) < 4.78 is 16.8. The molecule has 0 amide bonds. The smallest absolute Gasteiger partial charge is 0.328 e. The molecule has 4 rings (SSSR count). The van der Waals surface area contributed by atoms with E-state index in [0.29, 0.717) is 5.76 Å². The number of hydrogen-bond acceptors (Lipinski definition) is 6. The highest BCUT2D eigenvalue weighted by Crippen LogP contribution is 2.37. The minimum Gasteiger partial charge on any atom is -0.461 e. The number of pyridine rings is 1. The Labute approximate surface area is 161 Å². The largest absolute Gasteiger partial charge is 0.461 e. The van der Waals surface area contributed by atoms with Crippen molar-refractivity contribution in [3.8, 4) is 5.88 Å². The average Bonchev–Trinajstić information content (AvgIpc) is 2.75. The van der Waals surface area contributed by atoms with Crippen LogP contribution in [0.4, 0.5) is 5.69 Å². The molecule has 2 heterocycles. The van der Waals surface area contributed by atoms with Crippen LogP contribution >= 0.6 is 0 Å². The molecule has 7 nitrogen and oxygen atoms in total. The van der Waals surface area contributed by atoms with Crippen LogP contribution in [0.25, 0.3) is 0 Å². The van der Waals surface area contributed by atoms with E-state index in [1.165, 1.54) is 30.2 Å². The van der Waals surface area contributed by atoms with Crippen LogP contribution in [0.15, 0.2) is 96.7 Å². The Balaban J connectivity index is 1.49. The molecular weight excluding hydrogens is 360 g/mol. The normalized spacial score (nSPS) is 18.1. The molecule has 0 fully saturated rings. The maximum Gasteiger partial charge on any atom is 0.328 e. The highest BCUT2D eigenvalue weighted by Gasteiger charge is 2.25. The Bertz CT molecular complexity index is 991. The lowest BCUT2D eigenvalue weighted by Crippen LogP contribution is -2.13. The van der Waals surface area contributed by atoms with E-state index in [1.54, 1.807) is 0 Å². The number of benzene rings is 1. The third-order valence-electron chi connectivity index (χ3n) is 4.33. The average molecular weight is 376 g/mol. The topological polar surface area (TPSA) is 83.7 Å². The van der Waals surface area contributed by atoms with Gasteiger partial charge in [0.25, 0.3) is 5.69 Å². The van der Waals surface area contributed by atoms with E-state index in [1.807, 2.05) is 30.4 Å². The van der Waals surface area contributed by atoms with Crippen molar-refractivity contribution in [1.82, 2.24) is 4.98 Å². The standard InChI is InChI=1S/C21H16N2O5/c24-23(25)16-10-11-20(22-12-16)28-21-14-26-13-19(27-21)18-9-5-4-8-17(18)15-6-2-1-3-7-15/h1-7,9-14,17H,8H2. The summed E-state index contributed by atoms with van der Waals surface area (Å²) in [6.45, 7) is 0. The third kappa shape index (κ3) is 3.78. The van der Waals surface area contributed by atoms with Crippen LogP contribution in [0.3, 0.4) is 0 Å². The minimum atomic E-state index is -0.524. The van der Waals surface area contributed by atoms with Gasteiger partial charge >= 0.3 is 5.95 Å². The predicted molar refractivity (Wildman–Crippen MR) is 101 cm³/mol. The molecule has 1 aromatic carbocycles. The number of hydrogen-bond donors (Lipinski definition) is 0. The Hall–Kier alpha value is -3.87. The van der Waals surface area contributed by atoms with Gasteiger partial charge in [-0.25, -0.2) is 4.98 Å². The molecule has 0 saturated carbocycles. The SMILES string of the molecule is O=[N+]([O-])c1ccc(OC2=COC=C(C3=CC=CCC3c3ccccc3)O2)nc1. The van der Waals surface area contributed by atoms with Gasteiger partial charge in [0.1, 0.15) is 12.5 Å². The zero-order chi connectivity index (χ0) is 19.3. The number of nitrogens with zero attached hydrogens (tertiary/aromatic N) is 2. The quantitative estimate of drug-likeness (QED) is 0.554. The molecule has 1 atom stereocenters. The first kappa shape index (κ1) is 17.5. The van der Waals surface area contributed by atoms with Crippen LogP contribution in [0.2, 0.25) is 0 Å². The van der Waals surface area contributed by atoms with E-state index in [0.717, 1.165) is 18.2 Å². The summed E-state index contributed by atoms with van der Waals surface area (Å²) in [5.74, 6) is 0.940. The molecule has 1 aliphatic heterocycles. The first-order chi connectivity index (χ1) is 13.7. The molecule has 0 spiro atoms. The van der Waals surface area contributed by atoms with Gasteiger partial charge in [-0.2, -0.15) is 0 Å². The highest BCUT2D eigenvalue weighted by molar-refractivity contribution is 5.43. The second-order valence-corrected chi connectivity index (χ2v) is 6.12. The monoisotopic (exact) mass is 376 g/mol. The predicted octanol–water partition coefficient (Wildman–Crippen LogP) is 4.73. The maximum atomic E-state index is 10.7. The lowest BCUT2D eigenvalue weighted by atomic mass is 9.84. The van der Waals surface area contributed by atoms with E-state index < -0.39 is 4.92 Å². The van der Waals surface area contributed by atoms with Gasteiger partial charge in [0.2, 0.25) is 5.88 Å². The summed E-state index contributed by atoms with van der Waals surface area (Å²) in [6.07, 6.45) is 10.9.